The van der Waals surface area contributed by atoms with Crippen LogP contribution in [0.1, 0.15) is 37.7 Å². The fraction of sp³-hybridized carbons (Fsp3) is 0.417. The molecule has 0 aliphatic heterocycles. The van der Waals surface area contributed by atoms with Gasteiger partial charge in [-0.05, 0) is 30.7 Å². The van der Waals surface area contributed by atoms with Crippen LogP contribution in [0.5, 0.6) is 0 Å². The number of carbonyl (C=O) groups is 1. The minimum absolute atomic E-state index is 0.164. The highest BCUT2D eigenvalue weighted by atomic mass is 16.4. The van der Waals surface area contributed by atoms with Gasteiger partial charge in [-0.15, -0.1) is 0 Å². The van der Waals surface area contributed by atoms with Crippen molar-refractivity contribution in [1.82, 2.24) is 0 Å². The molecule has 0 bridgehead atoms. The Labute approximate surface area is 84.6 Å². The Kier molecular flexibility index (Phi) is 4.17. The predicted octanol–water partition coefficient (Wildman–Crippen LogP) is 1.71. The van der Waals surface area contributed by atoms with E-state index in [9.17, 15) is 9.90 Å². The minimum atomic E-state index is -0.953. The molecule has 2 nitrogen and oxygen atoms in total. The zero-order chi connectivity index (χ0) is 10.4. The molecule has 0 aromatic heterocycles. The molecule has 0 unspecified atom stereocenters. The maximum atomic E-state index is 10.2. The molecule has 0 fully saturated rings. The molecular weight excluding hydrogens is 176 g/mol. The summed E-state index contributed by atoms with van der Waals surface area (Å²) in [4.78, 5) is 10.2. The number of hydrogen-bond acceptors (Lipinski definition) is 2. The van der Waals surface area contributed by atoms with E-state index in [0.29, 0.717) is 12.3 Å². The van der Waals surface area contributed by atoms with Crippen molar-refractivity contribution in [3.63, 3.8) is 0 Å². The zero-order valence-corrected chi connectivity index (χ0v) is 8.40. The Hall–Kier alpha value is -1.31. The first-order valence-electron chi connectivity index (χ1n) is 4.95. The Bertz CT molecular complexity index is 280. The van der Waals surface area contributed by atoms with Crippen molar-refractivity contribution >= 4 is 5.97 Å². The van der Waals surface area contributed by atoms with Crippen molar-refractivity contribution in [1.29, 1.82) is 0 Å². The largest absolute Gasteiger partial charge is 0.550 e. The van der Waals surface area contributed by atoms with Gasteiger partial charge in [-0.2, -0.15) is 0 Å². The van der Waals surface area contributed by atoms with Crippen molar-refractivity contribution in [3.05, 3.63) is 35.9 Å². The molecule has 0 spiro atoms. The lowest BCUT2D eigenvalue weighted by Gasteiger charge is -2.11. The molecule has 0 aliphatic rings. The summed E-state index contributed by atoms with van der Waals surface area (Å²) >= 11 is 0. The van der Waals surface area contributed by atoms with Crippen LogP contribution in [-0.4, -0.2) is 5.97 Å². The number of carboxylic acid groups (broad SMARTS) is 1. The number of benzene rings is 1. The lowest BCUT2D eigenvalue weighted by atomic mass is 9.96. The Morgan fingerprint density at radius 1 is 1.36 bits per heavy atom. The molecular formula is C12H15O2-. The molecule has 2 heteroatoms. The summed E-state index contributed by atoms with van der Waals surface area (Å²) < 4.78 is 0. The van der Waals surface area contributed by atoms with Crippen LogP contribution in [-0.2, 0) is 4.79 Å². The van der Waals surface area contributed by atoms with Gasteiger partial charge in [0, 0.05) is 5.97 Å². The monoisotopic (exact) mass is 191 g/mol. The van der Waals surface area contributed by atoms with Crippen LogP contribution in [0, 0.1) is 0 Å². The van der Waals surface area contributed by atoms with Gasteiger partial charge in [0.1, 0.15) is 0 Å². The zero-order valence-electron chi connectivity index (χ0n) is 8.40. The van der Waals surface area contributed by atoms with Crippen molar-refractivity contribution < 1.29 is 9.90 Å². The molecule has 76 valence electrons. The van der Waals surface area contributed by atoms with Crippen molar-refractivity contribution in [2.75, 3.05) is 0 Å². The quantitative estimate of drug-likeness (QED) is 0.710. The fourth-order valence-electron chi connectivity index (χ4n) is 1.50. The van der Waals surface area contributed by atoms with Gasteiger partial charge in [-0.1, -0.05) is 37.3 Å². The number of carboxylic acids is 1. The summed E-state index contributed by atoms with van der Waals surface area (Å²) in [5, 5.41) is 10.2. The second-order valence-corrected chi connectivity index (χ2v) is 3.58. The van der Waals surface area contributed by atoms with E-state index in [1.54, 1.807) is 0 Å². The van der Waals surface area contributed by atoms with Crippen LogP contribution in [0.2, 0.25) is 0 Å². The molecule has 1 aromatic carbocycles. The van der Waals surface area contributed by atoms with E-state index in [1.165, 1.54) is 5.56 Å². The van der Waals surface area contributed by atoms with Gasteiger partial charge in [0.15, 0.2) is 0 Å². The summed E-state index contributed by atoms with van der Waals surface area (Å²) in [6.07, 6.45) is 1.76. The van der Waals surface area contributed by atoms with Gasteiger partial charge in [-0.3, -0.25) is 0 Å². The number of rotatable bonds is 5. The third kappa shape index (κ3) is 3.60. The number of carbonyl (C=O) groups excluding carboxylic acids is 1. The van der Waals surface area contributed by atoms with Gasteiger partial charge < -0.3 is 9.90 Å². The molecule has 1 aromatic rings. The normalized spacial score (nSPS) is 12.4. The predicted molar refractivity (Wildman–Crippen MR) is 53.7 cm³/mol. The molecule has 0 N–H and O–H groups in total. The maximum absolute atomic E-state index is 10.2. The molecule has 0 saturated carbocycles. The van der Waals surface area contributed by atoms with Gasteiger partial charge >= 0.3 is 0 Å². The maximum Gasteiger partial charge on any atom is 0.0414 e. The van der Waals surface area contributed by atoms with Gasteiger partial charge in [0.05, 0.1) is 0 Å². The second kappa shape index (κ2) is 5.43. The van der Waals surface area contributed by atoms with Crippen LogP contribution < -0.4 is 5.11 Å². The van der Waals surface area contributed by atoms with Crippen LogP contribution in [0.4, 0.5) is 0 Å². The van der Waals surface area contributed by atoms with Crippen molar-refractivity contribution in [2.24, 2.45) is 0 Å². The summed E-state index contributed by atoms with van der Waals surface area (Å²) in [6, 6.07) is 10.1. The van der Waals surface area contributed by atoms with Crippen LogP contribution in [0.3, 0.4) is 0 Å². The topological polar surface area (TPSA) is 40.1 Å². The van der Waals surface area contributed by atoms with E-state index in [-0.39, 0.29) is 6.42 Å². The molecule has 0 heterocycles. The SMILES string of the molecule is C[C@@H](CCCC(=O)[O-])c1ccccc1. The van der Waals surface area contributed by atoms with E-state index >= 15 is 0 Å². The van der Waals surface area contributed by atoms with Crippen LogP contribution >= 0.6 is 0 Å². The van der Waals surface area contributed by atoms with Crippen molar-refractivity contribution in [3.8, 4) is 0 Å². The standard InChI is InChI=1S/C12H16O2/c1-10(6-5-9-12(13)14)11-7-3-2-4-8-11/h2-4,7-8,10H,5-6,9H2,1H3,(H,13,14)/p-1/t10-/m0/s1. The van der Waals surface area contributed by atoms with Crippen LogP contribution in [0.15, 0.2) is 30.3 Å². The van der Waals surface area contributed by atoms with E-state index in [0.717, 1.165) is 6.42 Å². The Balaban J connectivity index is 2.36. The van der Waals surface area contributed by atoms with E-state index in [4.69, 9.17) is 0 Å². The Morgan fingerprint density at radius 3 is 2.57 bits per heavy atom. The molecule has 1 rings (SSSR count). The summed E-state index contributed by atoms with van der Waals surface area (Å²) in [6.45, 7) is 2.12. The van der Waals surface area contributed by atoms with Gasteiger partial charge in [0.25, 0.3) is 0 Å². The van der Waals surface area contributed by atoms with Gasteiger partial charge in [-0.25, -0.2) is 0 Å². The Morgan fingerprint density at radius 2 is 2.00 bits per heavy atom. The van der Waals surface area contributed by atoms with E-state index in [1.807, 2.05) is 18.2 Å². The molecule has 0 amide bonds. The average Bonchev–Trinajstić information content (AvgIpc) is 2.18. The highest BCUT2D eigenvalue weighted by molar-refractivity contribution is 5.64. The second-order valence-electron chi connectivity index (χ2n) is 3.58. The highest BCUT2D eigenvalue weighted by Crippen LogP contribution is 2.20. The first-order chi connectivity index (χ1) is 6.70. The minimum Gasteiger partial charge on any atom is -0.550 e. The summed E-state index contributed by atoms with van der Waals surface area (Å²) in [5.41, 5.74) is 1.27. The summed E-state index contributed by atoms with van der Waals surface area (Å²) in [7, 11) is 0. The molecule has 0 saturated heterocycles. The average molecular weight is 191 g/mol. The lowest BCUT2D eigenvalue weighted by molar-refractivity contribution is -0.305. The molecule has 1 atom stereocenters. The lowest BCUT2D eigenvalue weighted by Crippen LogP contribution is -2.21. The number of aliphatic carboxylic acids is 1. The van der Waals surface area contributed by atoms with E-state index in [2.05, 4.69) is 19.1 Å². The van der Waals surface area contributed by atoms with Crippen LogP contribution in [0.25, 0.3) is 0 Å². The molecule has 0 aliphatic carbocycles. The third-order valence-corrected chi connectivity index (χ3v) is 2.39. The first kappa shape index (κ1) is 10.8. The molecule has 0 radical (unpaired) electrons. The number of hydrogen-bond donors (Lipinski definition) is 0. The smallest absolute Gasteiger partial charge is 0.0414 e. The fourth-order valence-corrected chi connectivity index (χ4v) is 1.50. The van der Waals surface area contributed by atoms with Gasteiger partial charge in [0.2, 0.25) is 0 Å². The van der Waals surface area contributed by atoms with Crippen molar-refractivity contribution in [2.45, 2.75) is 32.1 Å². The van der Waals surface area contributed by atoms with E-state index < -0.39 is 5.97 Å². The molecule has 14 heavy (non-hydrogen) atoms. The summed E-state index contributed by atoms with van der Waals surface area (Å²) in [5.74, 6) is -0.527. The highest BCUT2D eigenvalue weighted by Gasteiger charge is 2.03. The third-order valence-electron chi connectivity index (χ3n) is 2.39. The first-order valence-corrected chi connectivity index (χ1v) is 4.95.